The predicted molar refractivity (Wildman–Crippen MR) is 148 cm³/mol. The lowest BCUT2D eigenvalue weighted by Crippen LogP contribution is -2.44. The van der Waals surface area contributed by atoms with E-state index >= 15 is 0 Å². The number of aromatic nitrogens is 1. The summed E-state index contributed by atoms with van der Waals surface area (Å²) in [5, 5.41) is 1.22. The Hall–Kier alpha value is -2.76. The van der Waals surface area contributed by atoms with Gasteiger partial charge in [0.05, 0.1) is 6.54 Å². The molecule has 0 aliphatic carbocycles. The van der Waals surface area contributed by atoms with Gasteiger partial charge in [-0.15, -0.1) is 0 Å². The van der Waals surface area contributed by atoms with Crippen molar-refractivity contribution in [1.29, 1.82) is 0 Å². The minimum atomic E-state index is -0.175. The first kappa shape index (κ1) is 27.8. The smallest absolute Gasteiger partial charge is 0.254 e. The second-order valence-electron chi connectivity index (χ2n) is 9.48. The quantitative estimate of drug-likeness (QED) is 0.261. The van der Waals surface area contributed by atoms with Gasteiger partial charge in [-0.05, 0) is 54.3 Å². The molecule has 0 atom stereocenters. The monoisotopic (exact) mass is 527 g/mol. The molecule has 0 bridgehead atoms. The van der Waals surface area contributed by atoms with E-state index in [4.69, 9.17) is 23.2 Å². The van der Waals surface area contributed by atoms with E-state index in [2.05, 4.69) is 25.3 Å². The number of carbonyl (C=O) groups excluding carboxylic acids is 2. The van der Waals surface area contributed by atoms with E-state index in [0.29, 0.717) is 36.8 Å². The molecule has 5 nitrogen and oxygen atoms in total. The van der Waals surface area contributed by atoms with Gasteiger partial charge in [-0.3, -0.25) is 9.59 Å². The molecule has 192 valence electrons. The molecular formula is C29H35Cl2N3O2. The molecule has 0 aliphatic rings. The number of hydrogen-bond donors (Lipinski definition) is 0. The number of hydrogen-bond acceptors (Lipinski definition) is 2. The van der Waals surface area contributed by atoms with Crippen LogP contribution in [-0.4, -0.2) is 45.8 Å². The lowest BCUT2D eigenvalue weighted by atomic mass is 10.1. The molecule has 0 aliphatic heterocycles. The van der Waals surface area contributed by atoms with Gasteiger partial charge in [-0.2, -0.15) is 0 Å². The van der Waals surface area contributed by atoms with Gasteiger partial charge in [0.2, 0.25) is 5.91 Å². The molecule has 3 aromatic rings. The van der Waals surface area contributed by atoms with Crippen LogP contribution in [0.15, 0.2) is 66.9 Å². The molecular weight excluding hydrogens is 493 g/mol. The summed E-state index contributed by atoms with van der Waals surface area (Å²) in [5.41, 5.74) is 2.54. The highest BCUT2D eigenvalue weighted by Crippen LogP contribution is 2.19. The number of carbonyl (C=O) groups is 2. The molecule has 0 saturated heterocycles. The third-order valence-corrected chi connectivity index (χ3v) is 6.58. The van der Waals surface area contributed by atoms with Crippen LogP contribution in [0.2, 0.25) is 10.0 Å². The van der Waals surface area contributed by atoms with Crippen molar-refractivity contribution in [2.24, 2.45) is 5.92 Å². The number of amides is 2. The first-order valence-electron chi connectivity index (χ1n) is 12.5. The van der Waals surface area contributed by atoms with Crippen molar-refractivity contribution >= 4 is 35.0 Å². The lowest BCUT2D eigenvalue weighted by molar-refractivity contribution is -0.133. The SMILES string of the molecule is CCCCN(CC(=O)N(Cc1cccn1Cc1ccccc1Cl)CC(C)C)C(=O)c1cccc(Cl)c1. The zero-order chi connectivity index (χ0) is 26.1. The van der Waals surface area contributed by atoms with Crippen molar-refractivity contribution in [3.8, 4) is 0 Å². The van der Waals surface area contributed by atoms with Gasteiger partial charge in [-0.25, -0.2) is 0 Å². The Balaban J connectivity index is 1.78. The van der Waals surface area contributed by atoms with Crippen molar-refractivity contribution < 1.29 is 9.59 Å². The van der Waals surface area contributed by atoms with E-state index in [1.54, 1.807) is 29.2 Å². The lowest BCUT2D eigenvalue weighted by Gasteiger charge is -2.29. The molecule has 0 N–H and O–H groups in total. The molecule has 0 radical (unpaired) electrons. The Morgan fingerprint density at radius 1 is 0.972 bits per heavy atom. The maximum Gasteiger partial charge on any atom is 0.254 e. The van der Waals surface area contributed by atoms with Crippen LogP contribution in [0.3, 0.4) is 0 Å². The zero-order valence-corrected chi connectivity index (χ0v) is 22.8. The summed E-state index contributed by atoms with van der Waals surface area (Å²) in [4.78, 5) is 30.4. The van der Waals surface area contributed by atoms with Crippen LogP contribution >= 0.6 is 23.2 Å². The highest BCUT2D eigenvalue weighted by atomic mass is 35.5. The van der Waals surface area contributed by atoms with Crippen molar-refractivity contribution in [2.75, 3.05) is 19.6 Å². The molecule has 3 rings (SSSR count). The third-order valence-electron chi connectivity index (χ3n) is 5.98. The standard InChI is InChI=1S/C29H35Cl2N3O2/c1-4-5-15-33(29(36)23-11-8-12-25(30)17-23)21-28(35)34(18-22(2)3)20-26-13-9-16-32(26)19-24-10-6-7-14-27(24)31/h6-14,16-17,22H,4-5,15,18-21H2,1-3H3. The minimum Gasteiger partial charge on any atom is -0.345 e. The average molecular weight is 529 g/mol. The van der Waals surface area contributed by atoms with E-state index in [1.807, 2.05) is 47.5 Å². The Bertz CT molecular complexity index is 1160. The van der Waals surface area contributed by atoms with Crippen molar-refractivity contribution in [3.63, 3.8) is 0 Å². The Labute approximate surface area is 224 Å². The first-order chi connectivity index (χ1) is 17.3. The Morgan fingerprint density at radius 2 is 1.75 bits per heavy atom. The largest absolute Gasteiger partial charge is 0.345 e. The van der Waals surface area contributed by atoms with Crippen LogP contribution in [0, 0.1) is 5.92 Å². The summed E-state index contributed by atoms with van der Waals surface area (Å²) < 4.78 is 2.12. The Morgan fingerprint density at radius 3 is 2.44 bits per heavy atom. The molecule has 36 heavy (non-hydrogen) atoms. The summed E-state index contributed by atoms with van der Waals surface area (Å²) in [6.07, 6.45) is 3.76. The first-order valence-corrected chi connectivity index (χ1v) is 13.2. The van der Waals surface area contributed by atoms with E-state index in [1.165, 1.54) is 0 Å². The van der Waals surface area contributed by atoms with Gasteiger partial charge in [0.25, 0.3) is 5.91 Å². The van der Waals surface area contributed by atoms with Gasteiger partial charge in [0.1, 0.15) is 6.54 Å². The highest BCUT2D eigenvalue weighted by Gasteiger charge is 2.23. The van der Waals surface area contributed by atoms with Crippen LogP contribution in [0.5, 0.6) is 0 Å². The average Bonchev–Trinajstić information content (AvgIpc) is 3.28. The van der Waals surface area contributed by atoms with E-state index in [-0.39, 0.29) is 24.3 Å². The van der Waals surface area contributed by atoms with Crippen LogP contribution in [0.4, 0.5) is 0 Å². The predicted octanol–water partition coefficient (Wildman–Crippen LogP) is 6.77. The van der Waals surface area contributed by atoms with Crippen LogP contribution in [0.25, 0.3) is 0 Å². The van der Waals surface area contributed by atoms with Gasteiger partial charge in [0.15, 0.2) is 0 Å². The van der Waals surface area contributed by atoms with E-state index < -0.39 is 0 Å². The van der Waals surface area contributed by atoms with Gasteiger partial charge in [-0.1, -0.05) is 74.7 Å². The maximum absolute atomic E-state index is 13.6. The van der Waals surface area contributed by atoms with Gasteiger partial charge < -0.3 is 14.4 Å². The number of unbranched alkanes of at least 4 members (excludes halogenated alkanes) is 1. The van der Waals surface area contributed by atoms with E-state index in [0.717, 1.165) is 29.1 Å². The molecule has 7 heteroatoms. The van der Waals surface area contributed by atoms with Crippen molar-refractivity contribution in [1.82, 2.24) is 14.4 Å². The molecule has 0 spiro atoms. The third kappa shape index (κ3) is 7.87. The van der Waals surface area contributed by atoms with E-state index in [9.17, 15) is 9.59 Å². The fourth-order valence-corrected chi connectivity index (χ4v) is 4.50. The highest BCUT2D eigenvalue weighted by molar-refractivity contribution is 6.31. The van der Waals surface area contributed by atoms with Gasteiger partial charge >= 0.3 is 0 Å². The fourth-order valence-electron chi connectivity index (χ4n) is 4.12. The zero-order valence-electron chi connectivity index (χ0n) is 21.3. The summed E-state index contributed by atoms with van der Waals surface area (Å²) in [7, 11) is 0. The fraction of sp³-hybridized carbons (Fsp3) is 0.379. The molecule has 1 aromatic heterocycles. The van der Waals surface area contributed by atoms with Crippen LogP contribution < -0.4 is 0 Å². The molecule has 2 aromatic carbocycles. The molecule has 1 heterocycles. The van der Waals surface area contributed by atoms with Crippen LogP contribution in [-0.2, 0) is 17.9 Å². The Kier molecular flexibility index (Phi) is 10.4. The normalized spacial score (nSPS) is 11.1. The second kappa shape index (κ2) is 13.5. The summed E-state index contributed by atoms with van der Waals surface area (Å²) in [5.74, 6) is 0.0419. The molecule has 2 amide bonds. The maximum atomic E-state index is 13.6. The summed E-state index contributed by atoms with van der Waals surface area (Å²) in [6.45, 7) is 8.49. The summed E-state index contributed by atoms with van der Waals surface area (Å²) in [6, 6.07) is 18.7. The topological polar surface area (TPSA) is 45.6 Å². The van der Waals surface area contributed by atoms with Crippen molar-refractivity contribution in [2.45, 2.75) is 46.7 Å². The number of rotatable bonds is 12. The number of halogens is 2. The summed E-state index contributed by atoms with van der Waals surface area (Å²) >= 11 is 12.5. The van der Waals surface area contributed by atoms with Crippen molar-refractivity contribution in [3.05, 3.63) is 93.7 Å². The number of benzene rings is 2. The van der Waals surface area contributed by atoms with Gasteiger partial charge in [0, 0.05) is 47.1 Å². The minimum absolute atomic E-state index is 0.0310. The molecule has 0 fully saturated rings. The second-order valence-corrected chi connectivity index (χ2v) is 10.3. The number of nitrogens with zero attached hydrogens (tertiary/aromatic N) is 3. The van der Waals surface area contributed by atoms with Crippen LogP contribution in [0.1, 0.15) is 55.2 Å². The molecule has 0 unspecified atom stereocenters. The molecule has 0 saturated carbocycles.